The number of amides is 2. The summed E-state index contributed by atoms with van der Waals surface area (Å²) in [6, 6.07) is 10.8. The highest BCUT2D eigenvalue weighted by Gasteiger charge is 2.31. The predicted octanol–water partition coefficient (Wildman–Crippen LogP) is 2.06. The molecule has 0 saturated carbocycles. The number of para-hydroxylation sites is 1. The normalized spacial score (nSPS) is 15.2. The van der Waals surface area contributed by atoms with Gasteiger partial charge in [-0.05, 0) is 24.3 Å². The van der Waals surface area contributed by atoms with Crippen LogP contribution in [-0.2, 0) is 10.0 Å². The molecule has 0 aliphatic carbocycles. The molecule has 29 heavy (non-hydrogen) atoms. The van der Waals surface area contributed by atoms with Gasteiger partial charge in [-0.1, -0.05) is 24.3 Å². The molecule has 0 spiro atoms. The number of carbonyl (C=O) groups excluding carboxylic acids is 1. The van der Waals surface area contributed by atoms with E-state index in [9.17, 15) is 22.0 Å². The van der Waals surface area contributed by atoms with Crippen molar-refractivity contribution in [1.29, 1.82) is 0 Å². The Morgan fingerprint density at radius 3 is 2.24 bits per heavy atom. The fourth-order valence-electron chi connectivity index (χ4n) is 2.92. The van der Waals surface area contributed by atoms with E-state index in [4.69, 9.17) is 4.74 Å². The van der Waals surface area contributed by atoms with Crippen LogP contribution in [0.5, 0.6) is 5.75 Å². The second kappa shape index (κ2) is 9.19. The Morgan fingerprint density at radius 1 is 0.966 bits per heavy atom. The van der Waals surface area contributed by atoms with Crippen LogP contribution in [0.1, 0.15) is 0 Å². The summed E-state index contributed by atoms with van der Waals surface area (Å²) < 4.78 is 58.9. The van der Waals surface area contributed by atoms with Gasteiger partial charge in [0, 0.05) is 26.2 Å². The molecular formula is C19H21F2N3O4S. The van der Waals surface area contributed by atoms with Gasteiger partial charge in [0.2, 0.25) is 10.0 Å². The van der Waals surface area contributed by atoms with E-state index in [1.807, 2.05) is 0 Å². The first-order valence-corrected chi connectivity index (χ1v) is 10.5. The van der Waals surface area contributed by atoms with E-state index in [1.165, 1.54) is 35.2 Å². The molecule has 1 saturated heterocycles. The molecule has 0 atom stereocenters. The van der Waals surface area contributed by atoms with Crippen molar-refractivity contribution in [3.05, 3.63) is 60.2 Å². The molecule has 10 heteroatoms. The number of ether oxygens (including phenoxy) is 1. The van der Waals surface area contributed by atoms with Crippen molar-refractivity contribution >= 4 is 16.1 Å². The maximum atomic E-state index is 13.9. The smallest absolute Gasteiger partial charge is 0.317 e. The first-order valence-electron chi connectivity index (χ1n) is 9.04. The number of sulfonamides is 1. The standard InChI is InChI=1S/C19H21F2N3O4S/c20-15-5-1-3-7-17(15)28-14-9-22-19(25)23-10-12-24(13-11-23)29(26,27)18-8-4-2-6-16(18)21/h1-8H,9-14H2,(H,22,25). The lowest BCUT2D eigenvalue weighted by molar-refractivity contribution is 0.170. The Balaban J connectivity index is 1.46. The number of benzene rings is 2. The Labute approximate surface area is 167 Å². The highest BCUT2D eigenvalue weighted by atomic mass is 32.2. The average Bonchev–Trinajstić information content (AvgIpc) is 2.72. The van der Waals surface area contributed by atoms with Crippen LogP contribution in [-0.4, -0.2) is 63.0 Å². The highest BCUT2D eigenvalue weighted by Crippen LogP contribution is 2.20. The molecule has 2 amide bonds. The number of urea groups is 1. The van der Waals surface area contributed by atoms with E-state index in [1.54, 1.807) is 12.1 Å². The van der Waals surface area contributed by atoms with Crippen LogP contribution in [0.25, 0.3) is 0 Å². The van der Waals surface area contributed by atoms with Gasteiger partial charge in [0.25, 0.3) is 0 Å². The monoisotopic (exact) mass is 425 g/mol. The summed E-state index contributed by atoms with van der Waals surface area (Å²) in [7, 11) is -3.95. The van der Waals surface area contributed by atoms with Crippen LogP contribution in [0.3, 0.4) is 0 Å². The van der Waals surface area contributed by atoms with Crippen molar-refractivity contribution in [2.24, 2.45) is 0 Å². The third-order valence-corrected chi connectivity index (χ3v) is 6.38. The van der Waals surface area contributed by atoms with Gasteiger partial charge in [-0.15, -0.1) is 0 Å². The molecule has 2 aromatic carbocycles. The zero-order valence-corrected chi connectivity index (χ0v) is 16.4. The van der Waals surface area contributed by atoms with Crippen molar-refractivity contribution in [2.45, 2.75) is 4.90 Å². The zero-order valence-electron chi connectivity index (χ0n) is 15.6. The Morgan fingerprint density at radius 2 is 1.59 bits per heavy atom. The van der Waals surface area contributed by atoms with E-state index in [2.05, 4.69) is 5.32 Å². The number of carbonyl (C=O) groups is 1. The molecule has 0 aromatic heterocycles. The minimum atomic E-state index is -3.95. The van der Waals surface area contributed by atoms with Crippen LogP contribution in [0.15, 0.2) is 53.4 Å². The number of nitrogens with one attached hydrogen (secondary N) is 1. The van der Waals surface area contributed by atoms with Gasteiger partial charge in [-0.3, -0.25) is 0 Å². The van der Waals surface area contributed by atoms with E-state index >= 15 is 0 Å². The zero-order chi connectivity index (χ0) is 20.9. The van der Waals surface area contributed by atoms with Gasteiger partial charge in [-0.2, -0.15) is 4.31 Å². The third kappa shape index (κ3) is 5.01. The molecule has 0 bridgehead atoms. The predicted molar refractivity (Wildman–Crippen MR) is 102 cm³/mol. The van der Waals surface area contributed by atoms with Crippen molar-refractivity contribution in [3.8, 4) is 5.75 Å². The molecule has 1 fully saturated rings. The summed E-state index contributed by atoms with van der Waals surface area (Å²) in [4.78, 5) is 13.3. The van der Waals surface area contributed by atoms with E-state index in [-0.39, 0.29) is 56.0 Å². The van der Waals surface area contributed by atoms with Crippen LogP contribution in [0.4, 0.5) is 13.6 Å². The first kappa shape index (κ1) is 21.0. The number of piperazine rings is 1. The quantitative estimate of drug-likeness (QED) is 0.719. The van der Waals surface area contributed by atoms with Crippen LogP contribution >= 0.6 is 0 Å². The number of hydrogen-bond acceptors (Lipinski definition) is 4. The summed E-state index contributed by atoms with van der Waals surface area (Å²) in [6.07, 6.45) is 0. The fraction of sp³-hybridized carbons (Fsp3) is 0.316. The van der Waals surface area contributed by atoms with E-state index < -0.39 is 21.7 Å². The van der Waals surface area contributed by atoms with Crippen LogP contribution in [0.2, 0.25) is 0 Å². The van der Waals surface area contributed by atoms with Gasteiger partial charge < -0.3 is 15.0 Å². The largest absolute Gasteiger partial charge is 0.489 e. The SMILES string of the molecule is O=C(NCCOc1ccccc1F)N1CCN(S(=O)(=O)c2ccccc2F)CC1. The first-order chi connectivity index (χ1) is 13.9. The Bertz CT molecular complexity index is 963. The summed E-state index contributed by atoms with van der Waals surface area (Å²) in [5.74, 6) is -1.18. The average molecular weight is 425 g/mol. The highest BCUT2D eigenvalue weighted by molar-refractivity contribution is 7.89. The van der Waals surface area contributed by atoms with Crippen molar-refractivity contribution in [1.82, 2.24) is 14.5 Å². The minimum Gasteiger partial charge on any atom is -0.489 e. The van der Waals surface area contributed by atoms with Gasteiger partial charge in [0.1, 0.15) is 17.3 Å². The third-order valence-electron chi connectivity index (χ3n) is 4.45. The van der Waals surface area contributed by atoms with Crippen molar-refractivity contribution < 1.29 is 26.7 Å². The lowest BCUT2D eigenvalue weighted by Crippen LogP contribution is -2.53. The second-order valence-corrected chi connectivity index (χ2v) is 8.24. The maximum Gasteiger partial charge on any atom is 0.317 e. The summed E-state index contributed by atoms with van der Waals surface area (Å²) in [5, 5.41) is 2.65. The number of hydrogen-bond donors (Lipinski definition) is 1. The van der Waals surface area contributed by atoms with Crippen LogP contribution < -0.4 is 10.1 Å². The molecule has 1 heterocycles. The maximum absolute atomic E-state index is 13.9. The molecule has 0 unspecified atom stereocenters. The van der Waals surface area contributed by atoms with E-state index in [0.717, 1.165) is 10.4 Å². The Hall–Kier alpha value is -2.72. The number of rotatable bonds is 6. The topological polar surface area (TPSA) is 79.0 Å². The molecular weight excluding hydrogens is 404 g/mol. The minimum absolute atomic E-state index is 0.0653. The molecule has 0 radical (unpaired) electrons. The van der Waals surface area contributed by atoms with Gasteiger partial charge in [-0.25, -0.2) is 22.0 Å². The molecule has 1 aliphatic rings. The van der Waals surface area contributed by atoms with Crippen molar-refractivity contribution in [3.63, 3.8) is 0 Å². The lowest BCUT2D eigenvalue weighted by atomic mass is 10.3. The fourth-order valence-corrected chi connectivity index (χ4v) is 4.40. The molecule has 156 valence electrons. The summed E-state index contributed by atoms with van der Waals surface area (Å²) in [5.41, 5.74) is 0. The van der Waals surface area contributed by atoms with Gasteiger partial charge in [0.15, 0.2) is 11.6 Å². The molecule has 1 N–H and O–H groups in total. The second-order valence-electron chi connectivity index (χ2n) is 6.33. The van der Waals surface area contributed by atoms with Gasteiger partial charge >= 0.3 is 6.03 Å². The van der Waals surface area contributed by atoms with Crippen LogP contribution in [0, 0.1) is 11.6 Å². The van der Waals surface area contributed by atoms with Gasteiger partial charge in [0.05, 0.1) is 6.54 Å². The molecule has 3 rings (SSSR count). The molecule has 2 aromatic rings. The molecule has 1 aliphatic heterocycles. The number of halogens is 2. The van der Waals surface area contributed by atoms with E-state index in [0.29, 0.717) is 0 Å². The number of nitrogens with zero attached hydrogens (tertiary/aromatic N) is 2. The summed E-state index contributed by atoms with van der Waals surface area (Å²) >= 11 is 0. The molecule has 7 nitrogen and oxygen atoms in total. The van der Waals surface area contributed by atoms with Crippen molar-refractivity contribution in [2.75, 3.05) is 39.3 Å². The lowest BCUT2D eigenvalue weighted by Gasteiger charge is -2.34. The summed E-state index contributed by atoms with van der Waals surface area (Å²) in [6.45, 7) is 0.738. The Kier molecular flexibility index (Phi) is 6.65.